The molecule has 1 aromatic carbocycles. The van der Waals surface area contributed by atoms with E-state index in [9.17, 15) is 14.7 Å². The quantitative estimate of drug-likeness (QED) is 0.634. The zero-order valence-electron chi connectivity index (χ0n) is 11.9. The fraction of sp³-hybridized carbons (Fsp3) is 0.467. The fourth-order valence-electron chi connectivity index (χ4n) is 2.63. The molecule has 2 saturated heterocycles. The summed E-state index contributed by atoms with van der Waals surface area (Å²) in [4.78, 5) is 23.4. The van der Waals surface area contributed by atoms with E-state index in [1.54, 1.807) is 12.1 Å². The maximum absolute atomic E-state index is 12.3. The Morgan fingerprint density at radius 1 is 1.18 bits per heavy atom. The van der Waals surface area contributed by atoms with Crippen molar-refractivity contribution >= 4 is 11.9 Å². The van der Waals surface area contributed by atoms with E-state index in [1.165, 1.54) is 19.1 Å². The number of aliphatic hydroxyl groups is 1. The Morgan fingerprint density at radius 2 is 1.91 bits per heavy atom. The summed E-state index contributed by atoms with van der Waals surface area (Å²) in [6, 6.07) is 6.33. The molecule has 1 aromatic rings. The molecule has 2 aliphatic rings. The summed E-state index contributed by atoms with van der Waals surface area (Å²) in [7, 11) is 0. The van der Waals surface area contributed by atoms with Gasteiger partial charge in [-0.1, -0.05) is 12.1 Å². The molecule has 2 fully saturated rings. The zero-order valence-corrected chi connectivity index (χ0v) is 11.9. The van der Waals surface area contributed by atoms with Gasteiger partial charge in [-0.3, -0.25) is 4.79 Å². The van der Waals surface area contributed by atoms with Gasteiger partial charge in [-0.05, 0) is 12.1 Å². The van der Waals surface area contributed by atoms with E-state index in [0.29, 0.717) is 0 Å². The molecule has 22 heavy (non-hydrogen) atoms. The van der Waals surface area contributed by atoms with Crippen LogP contribution in [-0.2, 0) is 19.0 Å². The number of hydrogen-bond acceptors (Lipinski definition) is 7. The van der Waals surface area contributed by atoms with Crippen LogP contribution in [-0.4, -0.2) is 54.7 Å². The zero-order chi connectivity index (χ0) is 15.7. The third-order valence-corrected chi connectivity index (χ3v) is 3.60. The number of aliphatic hydroxyl groups excluding tert-OH is 1. The highest BCUT2D eigenvalue weighted by atomic mass is 16.6. The van der Waals surface area contributed by atoms with E-state index < -0.39 is 36.4 Å². The second-order valence-corrected chi connectivity index (χ2v) is 5.20. The van der Waals surface area contributed by atoms with Gasteiger partial charge in [0.05, 0.1) is 13.2 Å². The first-order chi connectivity index (χ1) is 10.6. The van der Waals surface area contributed by atoms with Crippen molar-refractivity contribution in [3.05, 3.63) is 29.8 Å². The summed E-state index contributed by atoms with van der Waals surface area (Å²) in [5, 5.41) is 9.66. The van der Waals surface area contributed by atoms with Gasteiger partial charge in [0.25, 0.3) is 0 Å². The van der Waals surface area contributed by atoms with E-state index in [2.05, 4.69) is 0 Å². The van der Waals surface area contributed by atoms with Crippen LogP contribution in [0.2, 0.25) is 0 Å². The Labute approximate surface area is 126 Å². The molecule has 4 atom stereocenters. The molecule has 2 heterocycles. The van der Waals surface area contributed by atoms with E-state index >= 15 is 0 Å². The van der Waals surface area contributed by atoms with Gasteiger partial charge < -0.3 is 24.1 Å². The van der Waals surface area contributed by atoms with Gasteiger partial charge in [-0.2, -0.15) is 0 Å². The van der Waals surface area contributed by atoms with Crippen LogP contribution in [0.25, 0.3) is 0 Å². The fourth-order valence-corrected chi connectivity index (χ4v) is 2.63. The van der Waals surface area contributed by atoms with Crippen LogP contribution < -0.4 is 4.74 Å². The average molecular weight is 308 g/mol. The van der Waals surface area contributed by atoms with Crippen molar-refractivity contribution in [1.82, 2.24) is 0 Å². The molecule has 2 aliphatic heterocycles. The van der Waals surface area contributed by atoms with Crippen LogP contribution >= 0.6 is 0 Å². The van der Waals surface area contributed by atoms with E-state index in [-0.39, 0.29) is 24.5 Å². The highest BCUT2D eigenvalue weighted by Gasteiger charge is 2.49. The lowest BCUT2D eigenvalue weighted by molar-refractivity contribution is -0.131. The normalized spacial score (nSPS) is 29.9. The maximum atomic E-state index is 12.3. The summed E-state index contributed by atoms with van der Waals surface area (Å²) in [6.07, 6.45) is -2.25. The Morgan fingerprint density at radius 3 is 2.68 bits per heavy atom. The van der Waals surface area contributed by atoms with Crippen LogP contribution in [0.15, 0.2) is 24.3 Å². The summed E-state index contributed by atoms with van der Waals surface area (Å²) >= 11 is 0. The number of fused-ring (bicyclic) bond motifs is 1. The number of hydrogen-bond donors (Lipinski definition) is 1. The minimum atomic E-state index is -0.706. The molecule has 1 N–H and O–H groups in total. The molecular formula is C15H16O7. The molecule has 0 spiro atoms. The Kier molecular flexibility index (Phi) is 4.10. The van der Waals surface area contributed by atoms with E-state index in [1.807, 2.05) is 0 Å². The molecule has 3 rings (SSSR count). The van der Waals surface area contributed by atoms with Crippen molar-refractivity contribution in [2.45, 2.75) is 31.3 Å². The van der Waals surface area contributed by atoms with Gasteiger partial charge in [0.2, 0.25) is 0 Å². The lowest BCUT2D eigenvalue weighted by Crippen LogP contribution is -2.34. The van der Waals surface area contributed by atoms with Gasteiger partial charge in [-0.15, -0.1) is 0 Å². The molecule has 0 bridgehead atoms. The lowest BCUT2D eigenvalue weighted by Gasteiger charge is -2.17. The number of esters is 2. The second-order valence-electron chi connectivity index (χ2n) is 5.20. The van der Waals surface area contributed by atoms with Crippen LogP contribution in [0.3, 0.4) is 0 Å². The van der Waals surface area contributed by atoms with Gasteiger partial charge >= 0.3 is 11.9 Å². The highest BCUT2D eigenvalue weighted by molar-refractivity contribution is 5.93. The predicted molar refractivity (Wildman–Crippen MR) is 72.4 cm³/mol. The second kappa shape index (κ2) is 6.04. The molecule has 0 aromatic heterocycles. The maximum Gasteiger partial charge on any atom is 0.342 e. The van der Waals surface area contributed by atoms with Gasteiger partial charge in [0.1, 0.15) is 29.6 Å². The monoisotopic (exact) mass is 308 g/mol. The van der Waals surface area contributed by atoms with E-state index in [4.69, 9.17) is 18.9 Å². The van der Waals surface area contributed by atoms with Gasteiger partial charge in [0, 0.05) is 6.92 Å². The Balaban J connectivity index is 1.71. The molecule has 118 valence electrons. The molecule has 0 saturated carbocycles. The van der Waals surface area contributed by atoms with E-state index in [0.717, 1.165) is 0 Å². The van der Waals surface area contributed by atoms with Crippen molar-refractivity contribution in [3.63, 3.8) is 0 Å². The molecule has 7 heteroatoms. The number of ether oxygens (including phenoxy) is 4. The minimum Gasteiger partial charge on any atom is -0.453 e. The summed E-state index contributed by atoms with van der Waals surface area (Å²) < 4.78 is 21.2. The average Bonchev–Trinajstić information content (AvgIpc) is 3.03. The Hall–Kier alpha value is -1.96. The van der Waals surface area contributed by atoms with Crippen LogP contribution in [0, 0.1) is 0 Å². The third-order valence-electron chi connectivity index (χ3n) is 3.60. The first-order valence-corrected chi connectivity index (χ1v) is 6.96. The topological polar surface area (TPSA) is 91.3 Å². The number of benzene rings is 1. The van der Waals surface area contributed by atoms with Crippen molar-refractivity contribution in [2.75, 3.05) is 13.2 Å². The molecule has 0 aliphatic carbocycles. The SMILES string of the molecule is CC(=O)Oc1ccccc1C(=O)O[C@H]1CO[C@H]2[C@@H]1OC[C@H]2O. The number of carbonyl (C=O) groups excluding carboxylic acids is 2. The molecular weight excluding hydrogens is 292 g/mol. The number of para-hydroxylation sites is 1. The van der Waals surface area contributed by atoms with Crippen molar-refractivity contribution in [3.8, 4) is 5.75 Å². The first kappa shape index (κ1) is 15.0. The standard InChI is InChI=1S/C15H16O7/c1-8(16)21-11-5-3-2-4-9(11)15(18)22-12-7-20-13-10(17)6-19-14(12)13/h2-5,10,12-14,17H,6-7H2,1H3/t10-,12+,13-,14-/m1/s1. The predicted octanol–water partition coefficient (Wildman–Crippen LogP) is 0.296. The Bertz CT molecular complexity index is 585. The largest absolute Gasteiger partial charge is 0.453 e. The molecule has 0 unspecified atom stereocenters. The van der Waals surface area contributed by atoms with Crippen molar-refractivity contribution in [2.24, 2.45) is 0 Å². The number of rotatable bonds is 3. The van der Waals surface area contributed by atoms with Crippen LogP contribution in [0.4, 0.5) is 0 Å². The summed E-state index contributed by atoms with van der Waals surface area (Å²) in [5.41, 5.74) is 0.152. The van der Waals surface area contributed by atoms with Crippen molar-refractivity contribution < 1.29 is 33.6 Å². The van der Waals surface area contributed by atoms with Crippen LogP contribution in [0.5, 0.6) is 5.75 Å². The summed E-state index contributed by atoms with van der Waals surface area (Å²) in [6.45, 7) is 1.58. The van der Waals surface area contributed by atoms with Gasteiger partial charge in [0.15, 0.2) is 6.10 Å². The summed E-state index contributed by atoms with van der Waals surface area (Å²) in [5.74, 6) is -1.01. The first-order valence-electron chi connectivity index (χ1n) is 6.96. The molecule has 7 nitrogen and oxygen atoms in total. The minimum absolute atomic E-state index is 0.142. The number of carbonyl (C=O) groups is 2. The lowest BCUT2D eigenvalue weighted by atomic mass is 10.1. The van der Waals surface area contributed by atoms with Gasteiger partial charge in [-0.25, -0.2) is 4.79 Å². The molecule has 0 amide bonds. The third kappa shape index (κ3) is 2.83. The van der Waals surface area contributed by atoms with Crippen molar-refractivity contribution in [1.29, 1.82) is 0 Å². The smallest absolute Gasteiger partial charge is 0.342 e. The molecule has 0 radical (unpaired) electrons. The van der Waals surface area contributed by atoms with Crippen LogP contribution in [0.1, 0.15) is 17.3 Å². The highest BCUT2D eigenvalue weighted by Crippen LogP contribution is 2.30.